The van der Waals surface area contributed by atoms with Crippen LogP contribution in [0.5, 0.6) is 0 Å². The molecule has 0 aromatic heterocycles. The Balaban J connectivity index is -0.00000000500. The molecule has 0 aromatic rings. The predicted octanol–water partition coefficient (Wildman–Crippen LogP) is -0.949. The van der Waals surface area contributed by atoms with Crippen LogP contribution in [-0.4, -0.2) is 5.48 Å². The molecule has 0 aliphatic rings. The molecule has 0 saturated heterocycles. The summed E-state index contributed by atoms with van der Waals surface area (Å²) in [6.45, 7) is 0. The van der Waals surface area contributed by atoms with Crippen molar-refractivity contribution in [1.82, 2.24) is 0 Å². The molecule has 0 rings (SSSR count). The summed E-state index contributed by atoms with van der Waals surface area (Å²) in [5.41, 5.74) is 0. The van der Waals surface area contributed by atoms with Gasteiger partial charge in [-0.1, -0.05) is 0 Å². The zero-order valence-electron chi connectivity index (χ0n) is 1.57. The van der Waals surface area contributed by atoms with Crippen molar-refractivity contribution < 1.29 is 41.8 Å². The molecule has 2 nitrogen and oxygen atoms in total. The molecule has 0 amide bonds. The summed E-state index contributed by atoms with van der Waals surface area (Å²) < 4.78 is 7.94. The van der Waals surface area contributed by atoms with Gasteiger partial charge in [-0.3, -0.25) is 0 Å². The summed E-state index contributed by atoms with van der Waals surface area (Å²) in [5.74, 6) is 0. The van der Waals surface area contributed by atoms with Gasteiger partial charge in [0.25, 0.3) is 0 Å². The van der Waals surface area contributed by atoms with E-state index in [1.807, 2.05) is 0 Å². The van der Waals surface area contributed by atoms with Crippen molar-refractivity contribution in [3.05, 3.63) is 0 Å². The van der Waals surface area contributed by atoms with Gasteiger partial charge in [0.1, 0.15) is 0 Å². The molecule has 0 aliphatic heterocycles. The van der Waals surface area contributed by atoms with Crippen molar-refractivity contribution in [2.75, 3.05) is 0 Å². The molecule has 0 atom stereocenters. The Morgan fingerprint density at radius 3 is 1.25 bits per heavy atom. The Hall–Kier alpha value is 0.773. The van der Waals surface area contributed by atoms with Crippen molar-refractivity contribution in [1.29, 1.82) is 0 Å². The second-order valence-corrected chi connectivity index (χ2v) is 0. The Bertz CT molecular complexity index is 4.00. The van der Waals surface area contributed by atoms with E-state index >= 15 is 0 Å². The van der Waals surface area contributed by atoms with E-state index in [1.54, 1.807) is 0 Å². The first-order valence-electron chi connectivity index (χ1n) is 0.136. The second-order valence-electron chi connectivity index (χ2n) is 0. The van der Waals surface area contributed by atoms with E-state index < -0.39 is 0 Å². The first-order valence-corrected chi connectivity index (χ1v) is 0.561. The summed E-state index contributed by atoms with van der Waals surface area (Å²) in [7, 11) is 0. The van der Waals surface area contributed by atoms with Gasteiger partial charge in [0.15, 0.2) is 0 Å². The van der Waals surface area contributed by atoms with Gasteiger partial charge in [0.05, 0.1) is 0 Å². The van der Waals surface area contributed by atoms with E-state index in [1.165, 1.54) is 0 Å². The molecule has 0 aliphatic carbocycles. The summed E-state index contributed by atoms with van der Waals surface area (Å²) in [5, 5.41) is 0. The molecule has 1 radical (unpaired) electrons. The number of hydrogen-bond acceptors (Lipinski definition) is 1. The average Bonchev–Trinajstić information content (AvgIpc) is 1.00. The van der Waals surface area contributed by atoms with E-state index in [-0.39, 0.29) is 22.3 Å². The van der Waals surface area contributed by atoms with Crippen molar-refractivity contribution in [3.8, 4) is 0 Å². The van der Waals surface area contributed by atoms with Gasteiger partial charge in [-0.05, 0) is 0 Å². The molecular formula is H2Co2O2. The molecule has 0 unspecified atom stereocenters. The van der Waals surface area contributed by atoms with Crippen LogP contribution in [0.1, 0.15) is 0 Å². The normalized spacial score (nSPS) is 1.25. The fraction of sp³-hybridized carbons (Fsp3) is 0. The summed E-state index contributed by atoms with van der Waals surface area (Å²) in [6.07, 6.45) is 0. The van der Waals surface area contributed by atoms with Gasteiger partial charge in [0, 0.05) is 16.8 Å². The van der Waals surface area contributed by atoms with Gasteiger partial charge >= 0.3 is 19.5 Å². The van der Waals surface area contributed by atoms with Gasteiger partial charge in [-0.15, -0.1) is 0 Å². The number of hydrogen-bond donors (Lipinski definition) is 0. The molecule has 0 aromatic carbocycles. The molecular weight excluding hydrogens is 150 g/mol. The van der Waals surface area contributed by atoms with Crippen molar-refractivity contribution in [3.63, 3.8) is 0 Å². The van der Waals surface area contributed by atoms with E-state index in [2.05, 4.69) is 15.7 Å². The molecule has 4 heavy (non-hydrogen) atoms. The molecule has 0 spiro atoms. The maximum atomic E-state index is 7.94. The third-order valence-corrected chi connectivity index (χ3v) is 0. The van der Waals surface area contributed by atoms with Gasteiger partial charge < -0.3 is 5.48 Å². The topological polar surface area (TPSA) is 48.6 Å². The molecule has 2 N–H and O–H groups in total. The van der Waals surface area contributed by atoms with E-state index in [0.717, 1.165) is 0 Å². The minimum atomic E-state index is 0. The second kappa shape index (κ2) is 48.6. The fourth-order valence-corrected chi connectivity index (χ4v) is 0. The van der Waals surface area contributed by atoms with Gasteiger partial charge in [-0.2, -0.15) is 0 Å². The van der Waals surface area contributed by atoms with E-state index in [4.69, 9.17) is 3.87 Å². The zero-order chi connectivity index (χ0) is 2.00. The third kappa shape index (κ3) is 14.6. The maximum absolute atomic E-state index is 7.94. The van der Waals surface area contributed by atoms with Crippen molar-refractivity contribution in [2.24, 2.45) is 0 Å². The summed E-state index contributed by atoms with van der Waals surface area (Å²) in [6, 6.07) is 0. The van der Waals surface area contributed by atoms with E-state index in [0.29, 0.717) is 0 Å². The molecule has 0 bridgehead atoms. The molecule has 4 heteroatoms. The van der Waals surface area contributed by atoms with Gasteiger partial charge in [-0.25, -0.2) is 0 Å². The first-order chi connectivity index (χ1) is 1.00. The molecule has 32 valence electrons. The van der Waals surface area contributed by atoms with Crippen LogP contribution in [0.2, 0.25) is 0 Å². The Morgan fingerprint density at radius 2 is 1.25 bits per heavy atom. The monoisotopic (exact) mass is 152 g/mol. The zero-order valence-corrected chi connectivity index (χ0v) is 3.66. The van der Waals surface area contributed by atoms with Crippen LogP contribution in [0.15, 0.2) is 0 Å². The van der Waals surface area contributed by atoms with Crippen LogP contribution >= 0.6 is 0 Å². The number of rotatable bonds is 0. The van der Waals surface area contributed by atoms with Crippen LogP contribution in [0.25, 0.3) is 0 Å². The molecule has 0 fully saturated rings. The third-order valence-electron chi connectivity index (χ3n) is 0. The Morgan fingerprint density at radius 1 is 1.25 bits per heavy atom. The van der Waals surface area contributed by atoms with Crippen molar-refractivity contribution >= 4 is 0 Å². The predicted molar refractivity (Wildman–Crippen MR) is 4.30 cm³/mol. The van der Waals surface area contributed by atoms with Crippen LogP contribution in [0.4, 0.5) is 0 Å². The molecule has 0 saturated carbocycles. The van der Waals surface area contributed by atoms with Crippen LogP contribution in [-0.2, 0) is 36.3 Å². The first kappa shape index (κ1) is 21.6. The minimum absolute atomic E-state index is 0. The quantitative estimate of drug-likeness (QED) is 0.441. The SMILES string of the molecule is O.[Co].[O]=[Co]. The molecule has 0 heterocycles. The van der Waals surface area contributed by atoms with Crippen LogP contribution in [0.3, 0.4) is 0 Å². The van der Waals surface area contributed by atoms with Crippen LogP contribution in [0, 0.1) is 0 Å². The summed E-state index contributed by atoms with van der Waals surface area (Å²) in [4.78, 5) is 0. The van der Waals surface area contributed by atoms with E-state index in [9.17, 15) is 0 Å². The fourth-order valence-electron chi connectivity index (χ4n) is 0. The Kier molecular flexibility index (Phi) is 262. The van der Waals surface area contributed by atoms with Crippen molar-refractivity contribution in [2.45, 2.75) is 0 Å². The average molecular weight is 152 g/mol. The Labute approximate surface area is 42.2 Å². The van der Waals surface area contributed by atoms with Gasteiger partial charge in [0.2, 0.25) is 0 Å². The van der Waals surface area contributed by atoms with Crippen LogP contribution < -0.4 is 0 Å². The standard InChI is InChI=1S/2Co.H2O.O/h;;1H2;. The summed E-state index contributed by atoms with van der Waals surface area (Å²) >= 11 is 2.31.